The molecule has 2 heterocycles. The molecule has 0 unspecified atom stereocenters. The number of aryl methyl sites for hydroxylation is 1. The third kappa shape index (κ3) is 2.44. The first-order valence-corrected chi connectivity index (χ1v) is 5.01. The van der Waals surface area contributed by atoms with Gasteiger partial charge in [-0.1, -0.05) is 5.16 Å². The Bertz CT molecular complexity index is 511. The first-order chi connectivity index (χ1) is 8.20. The molecule has 0 radical (unpaired) electrons. The van der Waals surface area contributed by atoms with Gasteiger partial charge in [0.05, 0.1) is 19.3 Å². The molecule has 0 fully saturated rings. The second-order valence-corrected chi connectivity index (χ2v) is 3.43. The lowest BCUT2D eigenvalue weighted by Gasteiger charge is -2.08. The fourth-order valence-corrected chi connectivity index (χ4v) is 1.35. The van der Waals surface area contributed by atoms with Gasteiger partial charge in [0, 0.05) is 6.07 Å². The molecule has 3 N–H and O–H groups in total. The Balaban J connectivity index is 2.09. The average Bonchev–Trinajstić information content (AvgIpc) is 2.74. The van der Waals surface area contributed by atoms with E-state index in [1.807, 2.05) is 13.0 Å². The summed E-state index contributed by atoms with van der Waals surface area (Å²) in [5, 5.41) is 6.81. The summed E-state index contributed by atoms with van der Waals surface area (Å²) in [7, 11) is 1.50. The Morgan fingerprint density at radius 1 is 1.47 bits per heavy atom. The van der Waals surface area contributed by atoms with Crippen LogP contribution in [0.4, 0.5) is 11.5 Å². The lowest BCUT2D eigenvalue weighted by Crippen LogP contribution is -2.06. The van der Waals surface area contributed by atoms with E-state index in [2.05, 4.69) is 20.4 Å². The summed E-state index contributed by atoms with van der Waals surface area (Å²) in [4.78, 5) is 7.90. The van der Waals surface area contributed by atoms with Crippen LogP contribution in [0.15, 0.2) is 16.9 Å². The molecule has 0 aliphatic carbocycles. The predicted octanol–water partition coefficient (Wildman–Crippen LogP) is 0.976. The summed E-state index contributed by atoms with van der Waals surface area (Å²) < 4.78 is 10.0. The molecule has 0 saturated heterocycles. The van der Waals surface area contributed by atoms with Crippen molar-refractivity contribution in [3.05, 3.63) is 23.8 Å². The highest BCUT2D eigenvalue weighted by Crippen LogP contribution is 2.24. The zero-order valence-electron chi connectivity index (χ0n) is 9.60. The van der Waals surface area contributed by atoms with Crippen LogP contribution < -0.4 is 15.8 Å². The molecule has 0 atom stereocenters. The zero-order valence-corrected chi connectivity index (χ0v) is 9.60. The predicted molar refractivity (Wildman–Crippen MR) is 61.6 cm³/mol. The average molecular weight is 235 g/mol. The summed E-state index contributed by atoms with van der Waals surface area (Å²) in [5.74, 6) is 1.56. The molecule has 0 amide bonds. The number of nitrogens with one attached hydrogen (secondary N) is 1. The van der Waals surface area contributed by atoms with Crippen molar-refractivity contribution in [2.75, 3.05) is 18.2 Å². The molecular formula is C10H13N5O2. The standard InChI is InChI=1S/C10H13N5O2/c1-6-3-7(17-15-6)4-12-9-8(11)10(16-2)14-5-13-9/h3,5H,4,11H2,1-2H3,(H,12,13,14). The number of nitrogens with zero attached hydrogens (tertiary/aromatic N) is 3. The molecule has 0 aromatic carbocycles. The van der Waals surface area contributed by atoms with Crippen molar-refractivity contribution in [2.24, 2.45) is 0 Å². The van der Waals surface area contributed by atoms with E-state index >= 15 is 0 Å². The molecule has 0 spiro atoms. The van der Waals surface area contributed by atoms with E-state index in [4.69, 9.17) is 15.0 Å². The van der Waals surface area contributed by atoms with Gasteiger partial charge in [-0.2, -0.15) is 4.98 Å². The van der Waals surface area contributed by atoms with Gasteiger partial charge in [-0.05, 0) is 6.92 Å². The van der Waals surface area contributed by atoms with Gasteiger partial charge in [-0.25, -0.2) is 4.98 Å². The maximum Gasteiger partial charge on any atom is 0.242 e. The molecule has 2 aromatic heterocycles. The van der Waals surface area contributed by atoms with Gasteiger partial charge in [0.25, 0.3) is 0 Å². The van der Waals surface area contributed by atoms with Crippen molar-refractivity contribution in [2.45, 2.75) is 13.5 Å². The Morgan fingerprint density at radius 3 is 2.94 bits per heavy atom. The highest BCUT2D eigenvalue weighted by atomic mass is 16.5. The monoisotopic (exact) mass is 235 g/mol. The van der Waals surface area contributed by atoms with Crippen LogP contribution in [0.3, 0.4) is 0 Å². The summed E-state index contributed by atoms with van der Waals surface area (Å²) >= 11 is 0. The molecule has 2 rings (SSSR count). The SMILES string of the molecule is COc1ncnc(NCc2cc(C)no2)c1N. The Labute approximate surface area is 98.0 Å². The van der Waals surface area contributed by atoms with Crippen molar-refractivity contribution in [3.63, 3.8) is 0 Å². The lowest BCUT2D eigenvalue weighted by molar-refractivity contribution is 0.384. The molecule has 2 aromatic rings. The number of anilines is 2. The van der Waals surface area contributed by atoms with Crippen LogP contribution in [0, 0.1) is 6.92 Å². The maximum atomic E-state index is 5.80. The quantitative estimate of drug-likeness (QED) is 0.814. The summed E-state index contributed by atoms with van der Waals surface area (Å²) in [5.41, 5.74) is 7.00. The fraction of sp³-hybridized carbons (Fsp3) is 0.300. The van der Waals surface area contributed by atoms with Crippen LogP contribution in [0.5, 0.6) is 5.88 Å². The molecule has 0 bridgehead atoms. The van der Waals surface area contributed by atoms with E-state index in [1.54, 1.807) is 0 Å². The minimum Gasteiger partial charge on any atom is -0.479 e. The van der Waals surface area contributed by atoms with E-state index in [9.17, 15) is 0 Å². The molecule has 0 saturated carbocycles. The third-order valence-electron chi connectivity index (χ3n) is 2.15. The molecule has 17 heavy (non-hydrogen) atoms. The Hall–Kier alpha value is -2.31. The summed E-state index contributed by atoms with van der Waals surface area (Å²) in [6.07, 6.45) is 1.38. The number of nitrogens with two attached hydrogens (primary N) is 1. The molecule has 0 aliphatic heterocycles. The second kappa shape index (κ2) is 4.69. The molecule has 0 aliphatic rings. The minimum atomic E-state index is 0.344. The largest absolute Gasteiger partial charge is 0.479 e. The van der Waals surface area contributed by atoms with Crippen LogP contribution in [0.1, 0.15) is 11.5 Å². The van der Waals surface area contributed by atoms with E-state index in [-0.39, 0.29) is 0 Å². The highest BCUT2D eigenvalue weighted by molar-refractivity contribution is 5.66. The topological polar surface area (TPSA) is 99.1 Å². The van der Waals surface area contributed by atoms with Gasteiger partial charge >= 0.3 is 0 Å². The van der Waals surface area contributed by atoms with Crippen molar-refractivity contribution < 1.29 is 9.26 Å². The Kier molecular flexibility index (Phi) is 3.08. The highest BCUT2D eigenvalue weighted by Gasteiger charge is 2.08. The van der Waals surface area contributed by atoms with Gasteiger partial charge in [-0.15, -0.1) is 0 Å². The van der Waals surface area contributed by atoms with Crippen LogP contribution in [0.25, 0.3) is 0 Å². The van der Waals surface area contributed by atoms with Crippen LogP contribution in [0.2, 0.25) is 0 Å². The maximum absolute atomic E-state index is 5.80. The van der Waals surface area contributed by atoms with Crippen LogP contribution in [-0.4, -0.2) is 22.2 Å². The number of ether oxygens (including phenoxy) is 1. The van der Waals surface area contributed by atoms with Gasteiger partial charge in [0.15, 0.2) is 11.6 Å². The van der Waals surface area contributed by atoms with Gasteiger partial charge in [0.2, 0.25) is 5.88 Å². The van der Waals surface area contributed by atoms with Crippen LogP contribution >= 0.6 is 0 Å². The van der Waals surface area contributed by atoms with Gasteiger partial charge in [-0.3, -0.25) is 0 Å². The first-order valence-electron chi connectivity index (χ1n) is 5.01. The van der Waals surface area contributed by atoms with Crippen molar-refractivity contribution in [3.8, 4) is 5.88 Å². The van der Waals surface area contributed by atoms with Crippen molar-refractivity contribution in [1.82, 2.24) is 15.1 Å². The van der Waals surface area contributed by atoms with E-state index in [0.717, 1.165) is 5.69 Å². The minimum absolute atomic E-state index is 0.344. The number of rotatable bonds is 4. The van der Waals surface area contributed by atoms with E-state index in [1.165, 1.54) is 13.4 Å². The fourth-order valence-electron chi connectivity index (χ4n) is 1.35. The van der Waals surface area contributed by atoms with E-state index < -0.39 is 0 Å². The normalized spacial score (nSPS) is 10.2. The number of aromatic nitrogens is 3. The summed E-state index contributed by atoms with van der Waals surface area (Å²) in [6, 6.07) is 1.83. The number of hydrogen-bond donors (Lipinski definition) is 2. The number of nitrogen functional groups attached to an aromatic ring is 1. The van der Waals surface area contributed by atoms with Crippen LogP contribution in [-0.2, 0) is 6.54 Å². The zero-order chi connectivity index (χ0) is 12.3. The molecule has 7 heteroatoms. The van der Waals surface area contributed by atoms with Crippen molar-refractivity contribution >= 4 is 11.5 Å². The van der Waals surface area contributed by atoms with Crippen molar-refractivity contribution in [1.29, 1.82) is 0 Å². The smallest absolute Gasteiger partial charge is 0.242 e. The molecule has 90 valence electrons. The lowest BCUT2D eigenvalue weighted by atomic mass is 10.4. The molecular weight excluding hydrogens is 222 g/mol. The second-order valence-electron chi connectivity index (χ2n) is 3.43. The van der Waals surface area contributed by atoms with E-state index in [0.29, 0.717) is 29.7 Å². The molecule has 7 nitrogen and oxygen atoms in total. The number of methoxy groups -OCH3 is 1. The third-order valence-corrected chi connectivity index (χ3v) is 2.15. The van der Waals surface area contributed by atoms with Gasteiger partial charge < -0.3 is 20.3 Å². The Morgan fingerprint density at radius 2 is 2.29 bits per heavy atom. The number of hydrogen-bond acceptors (Lipinski definition) is 7. The summed E-state index contributed by atoms with van der Waals surface area (Å²) in [6.45, 7) is 2.31. The first kappa shape index (κ1) is 11.2. The van der Waals surface area contributed by atoms with Gasteiger partial charge in [0.1, 0.15) is 12.0 Å².